The summed E-state index contributed by atoms with van der Waals surface area (Å²) in [5.41, 5.74) is 7.34. The Morgan fingerprint density at radius 1 is 1.40 bits per heavy atom. The largest absolute Gasteiger partial charge is 0.328 e. The molecule has 15 heavy (non-hydrogen) atoms. The number of carbonyl (C=O) groups excluding carboxylic acids is 1. The van der Waals surface area contributed by atoms with Crippen molar-refractivity contribution in [3.05, 3.63) is 35.4 Å². The minimum Gasteiger partial charge on any atom is -0.328 e. The molecular formula is C12H16N2O. The normalized spacial score (nSPS) is 15.7. The van der Waals surface area contributed by atoms with Gasteiger partial charge in [-0.15, -0.1) is 0 Å². The molecule has 1 heterocycles. The zero-order chi connectivity index (χ0) is 11.1. The average molecular weight is 204 g/mol. The Balaban J connectivity index is 2.35. The maximum atomic E-state index is 12.1. The van der Waals surface area contributed by atoms with Crippen molar-refractivity contribution in [2.75, 3.05) is 6.54 Å². The van der Waals surface area contributed by atoms with E-state index < -0.39 is 0 Å². The van der Waals surface area contributed by atoms with Crippen molar-refractivity contribution in [2.45, 2.75) is 25.9 Å². The Hall–Kier alpha value is -1.35. The van der Waals surface area contributed by atoms with Gasteiger partial charge in [0.25, 0.3) is 5.91 Å². The highest BCUT2D eigenvalue weighted by atomic mass is 16.2. The van der Waals surface area contributed by atoms with Crippen LogP contribution in [0.15, 0.2) is 24.3 Å². The number of benzene rings is 1. The van der Waals surface area contributed by atoms with Crippen LogP contribution in [0.4, 0.5) is 0 Å². The van der Waals surface area contributed by atoms with E-state index in [2.05, 4.69) is 0 Å². The van der Waals surface area contributed by atoms with Gasteiger partial charge < -0.3 is 10.6 Å². The fourth-order valence-electron chi connectivity index (χ4n) is 1.85. The van der Waals surface area contributed by atoms with Gasteiger partial charge in [0.05, 0.1) is 5.54 Å². The van der Waals surface area contributed by atoms with Crippen molar-refractivity contribution in [3.63, 3.8) is 0 Å². The number of hydrogen-bond acceptors (Lipinski definition) is 2. The summed E-state index contributed by atoms with van der Waals surface area (Å²) in [6.45, 7) is 5.15. The summed E-state index contributed by atoms with van der Waals surface area (Å²) in [7, 11) is 0. The predicted molar refractivity (Wildman–Crippen MR) is 59.4 cm³/mol. The Labute approximate surface area is 89.9 Å². The van der Waals surface area contributed by atoms with Crippen LogP contribution in [0, 0.1) is 0 Å². The van der Waals surface area contributed by atoms with Gasteiger partial charge in [-0.25, -0.2) is 0 Å². The van der Waals surface area contributed by atoms with E-state index >= 15 is 0 Å². The number of fused-ring (bicyclic) bond motifs is 1. The molecule has 0 aliphatic carbocycles. The Kier molecular flexibility index (Phi) is 2.27. The number of rotatable bonds is 2. The molecule has 1 aliphatic heterocycles. The molecular weight excluding hydrogens is 188 g/mol. The lowest BCUT2D eigenvalue weighted by Crippen LogP contribution is -2.49. The first-order chi connectivity index (χ1) is 7.06. The van der Waals surface area contributed by atoms with Crippen LogP contribution in [0.3, 0.4) is 0 Å². The number of hydrogen-bond donors (Lipinski definition) is 1. The van der Waals surface area contributed by atoms with Gasteiger partial charge in [0.15, 0.2) is 0 Å². The molecule has 0 atom stereocenters. The fraction of sp³-hybridized carbons (Fsp3) is 0.417. The molecule has 2 N–H and O–H groups in total. The Morgan fingerprint density at radius 2 is 2.07 bits per heavy atom. The molecule has 3 heteroatoms. The molecule has 0 unspecified atom stereocenters. The maximum Gasteiger partial charge on any atom is 0.254 e. The number of carbonyl (C=O) groups is 1. The van der Waals surface area contributed by atoms with E-state index in [1.807, 2.05) is 43.0 Å². The van der Waals surface area contributed by atoms with Crippen LogP contribution in [-0.2, 0) is 6.54 Å². The van der Waals surface area contributed by atoms with E-state index in [0.29, 0.717) is 13.1 Å². The van der Waals surface area contributed by atoms with Crippen molar-refractivity contribution in [3.8, 4) is 0 Å². The molecule has 0 aromatic heterocycles. The zero-order valence-corrected chi connectivity index (χ0v) is 9.16. The molecule has 0 radical (unpaired) electrons. The number of nitrogens with two attached hydrogens (primary N) is 1. The summed E-state index contributed by atoms with van der Waals surface area (Å²) in [6.07, 6.45) is 0. The molecule has 0 spiro atoms. The van der Waals surface area contributed by atoms with Gasteiger partial charge in [-0.1, -0.05) is 18.2 Å². The molecule has 0 saturated heterocycles. The lowest BCUT2D eigenvalue weighted by atomic mass is 10.0. The van der Waals surface area contributed by atoms with E-state index in [1.54, 1.807) is 0 Å². The first-order valence-electron chi connectivity index (χ1n) is 5.16. The summed E-state index contributed by atoms with van der Waals surface area (Å²) in [5, 5.41) is 0. The van der Waals surface area contributed by atoms with Gasteiger partial charge in [0.2, 0.25) is 0 Å². The highest BCUT2D eigenvalue weighted by Gasteiger charge is 2.36. The number of nitrogens with zero attached hydrogens (tertiary/aromatic N) is 1. The fourth-order valence-corrected chi connectivity index (χ4v) is 1.85. The van der Waals surface area contributed by atoms with Gasteiger partial charge in [0, 0.05) is 18.7 Å². The monoisotopic (exact) mass is 204 g/mol. The molecule has 3 nitrogen and oxygen atoms in total. The van der Waals surface area contributed by atoms with Gasteiger partial charge >= 0.3 is 0 Å². The predicted octanol–water partition coefficient (Wildman–Crippen LogP) is 1.38. The Morgan fingerprint density at radius 3 is 2.67 bits per heavy atom. The topological polar surface area (TPSA) is 46.3 Å². The summed E-state index contributed by atoms with van der Waals surface area (Å²) < 4.78 is 0. The number of amides is 1. The van der Waals surface area contributed by atoms with Crippen LogP contribution in [0.2, 0.25) is 0 Å². The summed E-state index contributed by atoms with van der Waals surface area (Å²) >= 11 is 0. The highest BCUT2D eigenvalue weighted by Crippen LogP contribution is 2.28. The van der Waals surface area contributed by atoms with Crippen LogP contribution in [0.5, 0.6) is 0 Å². The molecule has 1 aromatic carbocycles. The SMILES string of the molecule is CC(C)(CN)N1Cc2ccccc2C1=O. The molecule has 80 valence electrons. The lowest BCUT2D eigenvalue weighted by Gasteiger charge is -2.34. The first kappa shape index (κ1) is 10.2. The second-order valence-corrected chi connectivity index (χ2v) is 4.57. The third kappa shape index (κ3) is 1.53. The molecule has 1 amide bonds. The summed E-state index contributed by atoms with van der Waals surface area (Å²) in [5.74, 6) is 0.0982. The smallest absolute Gasteiger partial charge is 0.254 e. The third-order valence-electron chi connectivity index (χ3n) is 3.05. The van der Waals surface area contributed by atoms with Crippen molar-refractivity contribution in [2.24, 2.45) is 5.73 Å². The van der Waals surface area contributed by atoms with E-state index in [1.165, 1.54) is 0 Å². The van der Waals surface area contributed by atoms with Crippen LogP contribution in [-0.4, -0.2) is 22.9 Å². The van der Waals surface area contributed by atoms with E-state index in [4.69, 9.17) is 5.73 Å². The van der Waals surface area contributed by atoms with Gasteiger partial charge in [0.1, 0.15) is 0 Å². The van der Waals surface area contributed by atoms with Crippen molar-refractivity contribution < 1.29 is 4.79 Å². The van der Waals surface area contributed by atoms with Crippen LogP contribution < -0.4 is 5.73 Å². The highest BCUT2D eigenvalue weighted by molar-refractivity contribution is 5.98. The van der Waals surface area contributed by atoms with Crippen molar-refractivity contribution in [1.29, 1.82) is 0 Å². The maximum absolute atomic E-state index is 12.1. The quantitative estimate of drug-likeness (QED) is 0.791. The minimum absolute atomic E-state index is 0.0982. The molecule has 0 bridgehead atoms. The Bertz CT molecular complexity index is 398. The van der Waals surface area contributed by atoms with Crippen LogP contribution >= 0.6 is 0 Å². The summed E-state index contributed by atoms with van der Waals surface area (Å²) in [6, 6.07) is 7.74. The van der Waals surface area contributed by atoms with Crippen molar-refractivity contribution >= 4 is 5.91 Å². The second-order valence-electron chi connectivity index (χ2n) is 4.57. The summed E-state index contributed by atoms with van der Waals surface area (Å²) in [4.78, 5) is 13.9. The van der Waals surface area contributed by atoms with E-state index in [0.717, 1.165) is 11.1 Å². The first-order valence-corrected chi connectivity index (χ1v) is 5.16. The lowest BCUT2D eigenvalue weighted by molar-refractivity contribution is 0.0590. The van der Waals surface area contributed by atoms with E-state index in [-0.39, 0.29) is 11.4 Å². The molecule has 0 fully saturated rings. The zero-order valence-electron chi connectivity index (χ0n) is 9.16. The minimum atomic E-state index is -0.268. The third-order valence-corrected chi connectivity index (χ3v) is 3.05. The van der Waals surface area contributed by atoms with Gasteiger partial charge in [-0.05, 0) is 25.5 Å². The second kappa shape index (κ2) is 3.35. The molecule has 2 rings (SSSR count). The van der Waals surface area contributed by atoms with Gasteiger partial charge in [-0.3, -0.25) is 4.79 Å². The van der Waals surface area contributed by atoms with Crippen molar-refractivity contribution in [1.82, 2.24) is 4.90 Å². The molecule has 1 aliphatic rings. The van der Waals surface area contributed by atoms with Crippen LogP contribution in [0.1, 0.15) is 29.8 Å². The molecule has 1 aromatic rings. The average Bonchev–Trinajstić information content (AvgIpc) is 2.58. The van der Waals surface area contributed by atoms with E-state index in [9.17, 15) is 4.79 Å². The van der Waals surface area contributed by atoms with Crippen LogP contribution in [0.25, 0.3) is 0 Å². The molecule has 0 saturated carbocycles. The van der Waals surface area contributed by atoms with Gasteiger partial charge in [-0.2, -0.15) is 0 Å². The standard InChI is InChI=1S/C12H16N2O/c1-12(2,8-13)14-7-9-5-3-4-6-10(9)11(14)15/h3-6H,7-8,13H2,1-2H3.